The Balaban J connectivity index is 1.64. The summed E-state index contributed by atoms with van der Waals surface area (Å²) in [7, 11) is 4.25. The topological polar surface area (TPSA) is 47.6 Å². The summed E-state index contributed by atoms with van der Waals surface area (Å²) < 4.78 is 0. The molecule has 2 amide bonds. The van der Waals surface area contributed by atoms with Gasteiger partial charge >= 0.3 is 6.03 Å². The summed E-state index contributed by atoms with van der Waals surface area (Å²) in [5, 5.41) is 6.30. The first-order valence-electron chi connectivity index (χ1n) is 8.17. The first-order chi connectivity index (χ1) is 11.0. The number of benzene rings is 1. The van der Waals surface area contributed by atoms with Crippen LogP contribution < -0.4 is 10.6 Å². The Kier molecular flexibility index (Phi) is 7.20. The van der Waals surface area contributed by atoms with Gasteiger partial charge in [0, 0.05) is 48.9 Å². The highest BCUT2D eigenvalue weighted by Gasteiger charge is 2.22. The van der Waals surface area contributed by atoms with Crippen LogP contribution in [0.25, 0.3) is 0 Å². The summed E-state index contributed by atoms with van der Waals surface area (Å²) in [4.78, 5) is 17.8. The molecule has 0 spiro atoms. The van der Waals surface area contributed by atoms with Crippen molar-refractivity contribution in [2.75, 3.05) is 46.8 Å². The third-order valence-corrected chi connectivity index (χ3v) is 5.22. The van der Waals surface area contributed by atoms with Crippen LogP contribution in [-0.4, -0.2) is 73.9 Å². The first kappa shape index (κ1) is 18.1. The van der Waals surface area contributed by atoms with Gasteiger partial charge in [0.2, 0.25) is 0 Å². The Morgan fingerprint density at radius 1 is 1.26 bits per heavy atom. The number of nitrogens with one attached hydrogen (secondary N) is 2. The van der Waals surface area contributed by atoms with Gasteiger partial charge in [-0.25, -0.2) is 4.79 Å². The molecule has 1 aliphatic rings. The zero-order valence-electron chi connectivity index (χ0n) is 14.3. The van der Waals surface area contributed by atoms with Crippen LogP contribution in [0.1, 0.15) is 6.92 Å². The van der Waals surface area contributed by atoms with E-state index in [1.807, 2.05) is 18.2 Å². The van der Waals surface area contributed by atoms with E-state index in [0.717, 1.165) is 19.6 Å². The molecule has 128 valence electrons. The fraction of sp³-hybridized carbons (Fsp3) is 0.588. The van der Waals surface area contributed by atoms with Crippen molar-refractivity contribution in [3.05, 3.63) is 30.3 Å². The summed E-state index contributed by atoms with van der Waals surface area (Å²) in [6.07, 6.45) is 0. The van der Waals surface area contributed by atoms with Crippen molar-refractivity contribution in [1.82, 2.24) is 20.4 Å². The molecule has 23 heavy (non-hydrogen) atoms. The molecule has 1 heterocycles. The third-order valence-electron chi connectivity index (χ3n) is 4.11. The fourth-order valence-corrected chi connectivity index (χ4v) is 3.55. The monoisotopic (exact) mass is 336 g/mol. The summed E-state index contributed by atoms with van der Waals surface area (Å²) in [6.45, 7) is 6.61. The van der Waals surface area contributed by atoms with E-state index in [4.69, 9.17) is 0 Å². The second kappa shape index (κ2) is 9.15. The van der Waals surface area contributed by atoms with E-state index in [1.54, 1.807) is 11.8 Å². The lowest BCUT2D eigenvalue weighted by molar-refractivity contribution is 0.114. The highest BCUT2D eigenvalue weighted by Crippen LogP contribution is 2.21. The van der Waals surface area contributed by atoms with Gasteiger partial charge in [0.1, 0.15) is 0 Å². The van der Waals surface area contributed by atoms with Gasteiger partial charge in [-0.15, -0.1) is 11.8 Å². The van der Waals surface area contributed by atoms with E-state index in [9.17, 15) is 4.79 Å². The molecule has 2 atom stereocenters. The molecular formula is C17H28N4OS. The number of hydrogen-bond donors (Lipinski definition) is 2. The molecule has 0 aliphatic carbocycles. The molecule has 1 aromatic carbocycles. The zero-order chi connectivity index (χ0) is 16.7. The maximum Gasteiger partial charge on any atom is 0.314 e. The van der Waals surface area contributed by atoms with Crippen LogP contribution in [0.2, 0.25) is 0 Å². The standard InChI is InChI=1S/C17H28N4OS/c1-14(23-16-7-5-4-6-8-16)11-18-17(22)19-12-15-13-20(2)9-10-21(15)3/h4-8,14-15H,9-13H2,1-3H3,(H2,18,19,22)/t14-,15-/m1/s1. The van der Waals surface area contributed by atoms with Gasteiger partial charge < -0.3 is 15.5 Å². The van der Waals surface area contributed by atoms with Crippen LogP contribution in [0, 0.1) is 0 Å². The number of thioether (sulfide) groups is 1. The molecule has 0 bridgehead atoms. The van der Waals surface area contributed by atoms with Crippen LogP contribution >= 0.6 is 11.8 Å². The number of rotatable bonds is 6. The average Bonchev–Trinajstić information content (AvgIpc) is 2.54. The normalized spacial score (nSPS) is 20.9. The average molecular weight is 337 g/mol. The smallest absolute Gasteiger partial charge is 0.314 e. The number of nitrogens with zero attached hydrogens (tertiary/aromatic N) is 2. The maximum atomic E-state index is 12.0. The number of likely N-dealkylation sites (N-methyl/N-ethyl adjacent to an activating group) is 2. The van der Waals surface area contributed by atoms with Crippen molar-refractivity contribution in [3.8, 4) is 0 Å². The third kappa shape index (κ3) is 6.41. The molecule has 5 nitrogen and oxygen atoms in total. The number of hydrogen-bond acceptors (Lipinski definition) is 4. The summed E-state index contributed by atoms with van der Waals surface area (Å²) in [5.41, 5.74) is 0. The minimum absolute atomic E-state index is 0.0767. The van der Waals surface area contributed by atoms with Crippen LogP contribution in [0.5, 0.6) is 0 Å². The lowest BCUT2D eigenvalue weighted by Crippen LogP contribution is -2.55. The van der Waals surface area contributed by atoms with E-state index < -0.39 is 0 Å². The summed E-state index contributed by atoms with van der Waals surface area (Å²) >= 11 is 1.77. The lowest BCUT2D eigenvalue weighted by Gasteiger charge is -2.37. The van der Waals surface area contributed by atoms with Gasteiger partial charge in [-0.3, -0.25) is 4.90 Å². The first-order valence-corrected chi connectivity index (χ1v) is 9.04. The van der Waals surface area contributed by atoms with Crippen molar-refractivity contribution in [3.63, 3.8) is 0 Å². The van der Waals surface area contributed by atoms with Crippen LogP contribution in [0.3, 0.4) is 0 Å². The number of carbonyl (C=O) groups is 1. The van der Waals surface area contributed by atoms with Gasteiger partial charge in [-0.1, -0.05) is 25.1 Å². The highest BCUT2D eigenvalue weighted by molar-refractivity contribution is 8.00. The Hall–Kier alpha value is -1.24. The second-order valence-electron chi connectivity index (χ2n) is 6.23. The van der Waals surface area contributed by atoms with E-state index >= 15 is 0 Å². The molecule has 1 aliphatic heterocycles. The lowest BCUT2D eigenvalue weighted by atomic mass is 10.2. The Labute approximate surface area is 143 Å². The minimum Gasteiger partial charge on any atom is -0.337 e. The largest absolute Gasteiger partial charge is 0.337 e. The van der Waals surface area contributed by atoms with Gasteiger partial charge in [0.25, 0.3) is 0 Å². The van der Waals surface area contributed by atoms with Crippen molar-refractivity contribution in [2.45, 2.75) is 23.1 Å². The Morgan fingerprint density at radius 2 is 2.00 bits per heavy atom. The predicted octanol–water partition coefficient (Wildman–Crippen LogP) is 1.71. The van der Waals surface area contributed by atoms with Crippen molar-refractivity contribution >= 4 is 17.8 Å². The van der Waals surface area contributed by atoms with Crippen LogP contribution in [-0.2, 0) is 0 Å². The molecule has 2 N–H and O–H groups in total. The molecule has 1 saturated heterocycles. The molecule has 0 saturated carbocycles. The van der Waals surface area contributed by atoms with Gasteiger partial charge in [-0.2, -0.15) is 0 Å². The molecule has 0 radical (unpaired) electrons. The van der Waals surface area contributed by atoms with Crippen LogP contribution in [0.15, 0.2) is 35.2 Å². The van der Waals surface area contributed by atoms with Gasteiger partial charge in [-0.05, 0) is 26.2 Å². The number of urea groups is 1. The molecule has 2 rings (SSSR count). The van der Waals surface area contributed by atoms with Crippen molar-refractivity contribution in [2.24, 2.45) is 0 Å². The predicted molar refractivity (Wildman–Crippen MR) is 97.1 cm³/mol. The second-order valence-corrected chi connectivity index (χ2v) is 7.74. The molecule has 1 fully saturated rings. The Bertz CT molecular complexity index is 485. The van der Waals surface area contributed by atoms with Gasteiger partial charge in [0.05, 0.1) is 0 Å². The van der Waals surface area contributed by atoms with Crippen LogP contribution in [0.4, 0.5) is 4.79 Å². The van der Waals surface area contributed by atoms with E-state index in [2.05, 4.69) is 53.6 Å². The molecule has 1 aromatic rings. The summed E-state index contributed by atoms with van der Waals surface area (Å²) in [6, 6.07) is 10.6. The number of carbonyl (C=O) groups excluding carboxylic acids is 1. The SMILES string of the molecule is C[C@H](CNC(=O)NC[C@@H]1CN(C)CCN1C)Sc1ccccc1. The molecule has 0 unspecified atom stereocenters. The minimum atomic E-state index is -0.0767. The fourth-order valence-electron chi connectivity index (χ4n) is 2.60. The quantitative estimate of drug-likeness (QED) is 0.777. The number of piperazine rings is 1. The maximum absolute atomic E-state index is 12.0. The summed E-state index contributed by atoms with van der Waals surface area (Å²) in [5.74, 6) is 0. The number of amides is 2. The van der Waals surface area contributed by atoms with E-state index in [1.165, 1.54) is 4.90 Å². The van der Waals surface area contributed by atoms with Gasteiger partial charge in [0.15, 0.2) is 0 Å². The highest BCUT2D eigenvalue weighted by atomic mass is 32.2. The molecular weight excluding hydrogens is 308 g/mol. The molecule has 0 aromatic heterocycles. The van der Waals surface area contributed by atoms with Crippen molar-refractivity contribution < 1.29 is 4.79 Å². The van der Waals surface area contributed by atoms with E-state index in [-0.39, 0.29) is 6.03 Å². The van der Waals surface area contributed by atoms with Crippen molar-refractivity contribution in [1.29, 1.82) is 0 Å². The molecule has 6 heteroatoms. The Morgan fingerprint density at radius 3 is 2.74 bits per heavy atom. The zero-order valence-corrected chi connectivity index (χ0v) is 15.1. The van der Waals surface area contributed by atoms with E-state index in [0.29, 0.717) is 24.4 Å².